The van der Waals surface area contributed by atoms with Gasteiger partial charge in [0, 0.05) is 45.1 Å². The Morgan fingerprint density at radius 2 is 1.16 bits per heavy atom. The van der Waals surface area contributed by atoms with Crippen molar-refractivity contribution in [3.63, 3.8) is 0 Å². The van der Waals surface area contributed by atoms with Crippen molar-refractivity contribution in [1.29, 1.82) is 0 Å². The Labute approximate surface area is 338 Å². The highest BCUT2D eigenvalue weighted by Crippen LogP contribution is 2.43. The second-order valence-corrected chi connectivity index (χ2v) is 16.8. The number of ether oxygens (including phenoxy) is 2. The molecular formula is C44H76NO10P. The van der Waals surface area contributed by atoms with Gasteiger partial charge in [0.1, 0.15) is 29.6 Å². The minimum atomic E-state index is -4.40. The van der Waals surface area contributed by atoms with Gasteiger partial charge in [0.25, 0.3) is 0 Å². The predicted molar refractivity (Wildman–Crippen MR) is 222 cm³/mol. The Kier molecular flexibility index (Phi) is 26.4. The zero-order valence-electron chi connectivity index (χ0n) is 35.6. The van der Waals surface area contributed by atoms with Gasteiger partial charge in [-0.05, 0) is 82.1 Å². The highest BCUT2D eigenvalue weighted by molar-refractivity contribution is 7.47. The van der Waals surface area contributed by atoms with Crippen LogP contribution in [0.25, 0.3) is 0 Å². The quantitative estimate of drug-likeness (QED) is 0.0387. The molecule has 3 N–H and O–H groups in total. The van der Waals surface area contributed by atoms with Crippen LogP contribution in [-0.2, 0) is 58.4 Å². The van der Waals surface area contributed by atoms with Crippen molar-refractivity contribution in [3.05, 3.63) is 45.8 Å². The summed E-state index contributed by atoms with van der Waals surface area (Å²) in [6.07, 6.45) is 22.5. The van der Waals surface area contributed by atoms with E-state index in [0.717, 1.165) is 119 Å². The molecule has 0 fully saturated rings. The highest BCUT2D eigenvalue weighted by atomic mass is 31.2. The fraction of sp³-hybridized carbons (Fsp3) is 0.773. The molecular weight excluding hydrogens is 733 g/mol. The summed E-state index contributed by atoms with van der Waals surface area (Å²) in [5.74, 6) is 3.65. The first-order valence-electron chi connectivity index (χ1n) is 21.8. The number of furan rings is 2. The van der Waals surface area contributed by atoms with Gasteiger partial charge in [0.05, 0.1) is 13.2 Å². The standard InChI is InChI=1S/C44H76NO10P/c1-6-24-38-32-35(3)40(53-38)26-20-16-12-8-11-15-19-23-29-44(47)54-39(34-52-56(48,49)51-31-30-45)33-50-43(46)28-22-18-14-10-9-13-17-21-27-42-37(5)36(4)41(55-42)25-7-2/h32,39H,6-31,33-34,45H2,1-5H3,(H,48,49)/t39-/m1/s1. The van der Waals surface area contributed by atoms with Crippen LogP contribution >= 0.6 is 7.82 Å². The lowest BCUT2D eigenvalue weighted by molar-refractivity contribution is -0.161. The van der Waals surface area contributed by atoms with E-state index in [1.165, 1.54) is 48.8 Å². The van der Waals surface area contributed by atoms with Crippen LogP contribution < -0.4 is 5.73 Å². The molecule has 0 aliphatic carbocycles. The number of esters is 2. The van der Waals surface area contributed by atoms with Crippen molar-refractivity contribution in [3.8, 4) is 0 Å². The Morgan fingerprint density at radius 1 is 0.661 bits per heavy atom. The normalized spacial score (nSPS) is 13.2. The van der Waals surface area contributed by atoms with Gasteiger partial charge in [-0.15, -0.1) is 0 Å². The van der Waals surface area contributed by atoms with Gasteiger partial charge in [-0.25, -0.2) is 4.57 Å². The van der Waals surface area contributed by atoms with Crippen LogP contribution in [-0.4, -0.2) is 49.3 Å². The first-order chi connectivity index (χ1) is 27.0. The zero-order chi connectivity index (χ0) is 41.0. The molecule has 2 aromatic heterocycles. The van der Waals surface area contributed by atoms with Crippen LogP contribution in [0.4, 0.5) is 0 Å². The minimum Gasteiger partial charge on any atom is -0.466 e. The van der Waals surface area contributed by atoms with Crippen LogP contribution in [0.15, 0.2) is 14.9 Å². The van der Waals surface area contributed by atoms with E-state index in [0.29, 0.717) is 12.8 Å². The van der Waals surface area contributed by atoms with Crippen LogP contribution in [0.2, 0.25) is 0 Å². The molecule has 0 aliphatic rings. The van der Waals surface area contributed by atoms with Crippen LogP contribution in [0.1, 0.15) is 182 Å². The Hall–Kier alpha value is -2.43. The lowest BCUT2D eigenvalue weighted by atomic mass is 10.0. The van der Waals surface area contributed by atoms with Crippen LogP contribution in [0.5, 0.6) is 0 Å². The van der Waals surface area contributed by atoms with Gasteiger partial charge in [-0.1, -0.05) is 90.9 Å². The molecule has 11 nitrogen and oxygen atoms in total. The maximum absolute atomic E-state index is 12.6. The summed E-state index contributed by atoms with van der Waals surface area (Å²) < 4.78 is 45.0. The summed E-state index contributed by atoms with van der Waals surface area (Å²) >= 11 is 0. The molecule has 0 bridgehead atoms. The molecule has 322 valence electrons. The number of carbonyl (C=O) groups excluding carboxylic acids is 2. The molecule has 2 rings (SSSR count). The average Bonchev–Trinajstić information content (AvgIpc) is 3.65. The number of aryl methyl sites for hydroxylation is 5. The third kappa shape index (κ3) is 21.9. The molecule has 0 aromatic carbocycles. The number of rotatable bonds is 35. The van der Waals surface area contributed by atoms with Gasteiger partial charge in [0.15, 0.2) is 6.10 Å². The van der Waals surface area contributed by atoms with E-state index in [4.69, 9.17) is 33.1 Å². The van der Waals surface area contributed by atoms with E-state index >= 15 is 0 Å². The van der Waals surface area contributed by atoms with E-state index in [1.807, 2.05) is 0 Å². The first-order valence-corrected chi connectivity index (χ1v) is 23.3. The maximum Gasteiger partial charge on any atom is 0.472 e. The summed E-state index contributed by atoms with van der Waals surface area (Å²) in [6, 6.07) is 2.17. The number of unbranched alkanes of at least 4 members (excludes halogenated alkanes) is 14. The van der Waals surface area contributed by atoms with Crippen LogP contribution in [0, 0.1) is 20.8 Å². The molecule has 2 atom stereocenters. The largest absolute Gasteiger partial charge is 0.472 e. The SMILES string of the molecule is CCCc1cc(C)c(CCCCCCCCCCC(=O)O[C@H](COC(=O)CCCCCCCCCCc2oc(CCC)c(C)c2C)COP(=O)(O)OCCN)o1. The summed E-state index contributed by atoms with van der Waals surface area (Å²) in [7, 11) is -4.40. The van der Waals surface area contributed by atoms with Gasteiger partial charge in [-0.3, -0.25) is 18.6 Å². The summed E-state index contributed by atoms with van der Waals surface area (Å²) in [6.45, 7) is 9.97. The van der Waals surface area contributed by atoms with Crippen molar-refractivity contribution >= 4 is 19.8 Å². The van der Waals surface area contributed by atoms with E-state index in [9.17, 15) is 19.0 Å². The van der Waals surface area contributed by atoms with Crippen molar-refractivity contribution in [1.82, 2.24) is 0 Å². The Bertz CT molecular complexity index is 1400. The molecule has 12 heteroatoms. The molecule has 0 saturated heterocycles. The van der Waals surface area contributed by atoms with E-state index in [-0.39, 0.29) is 32.6 Å². The van der Waals surface area contributed by atoms with Crippen LogP contribution in [0.3, 0.4) is 0 Å². The second kappa shape index (κ2) is 29.7. The fourth-order valence-electron chi connectivity index (χ4n) is 6.86. The number of phosphoric ester groups is 1. The predicted octanol–water partition coefficient (Wildman–Crippen LogP) is 11.1. The third-order valence-corrected chi connectivity index (χ3v) is 11.3. The van der Waals surface area contributed by atoms with E-state index < -0.39 is 32.5 Å². The van der Waals surface area contributed by atoms with E-state index in [2.05, 4.69) is 40.7 Å². The third-order valence-electron chi connectivity index (χ3n) is 10.3. The van der Waals surface area contributed by atoms with Gasteiger partial charge in [0.2, 0.25) is 0 Å². The first kappa shape index (κ1) is 49.7. The maximum atomic E-state index is 12.6. The monoisotopic (exact) mass is 810 g/mol. The topological polar surface area (TPSA) is 161 Å². The molecule has 0 spiro atoms. The smallest absolute Gasteiger partial charge is 0.466 e. The number of nitrogens with two attached hydrogens (primary N) is 1. The van der Waals surface area contributed by atoms with Crippen molar-refractivity contribution in [2.75, 3.05) is 26.4 Å². The Balaban J connectivity index is 1.57. The molecule has 0 saturated carbocycles. The lowest BCUT2D eigenvalue weighted by Crippen LogP contribution is -2.29. The average molecular weight is 810 g/mol. The molecule has 1 unspecified atom stereocenters. The fourth-order valence-corrected chi connectivity index (χ4v) is 7.63. The second-order valence-electron chi connectivity index (χ2n) is 15.4. The number of hydrogen-bond donors (Lipinski definition) is 2. The van der Waals surface area contributed by atoms with E-state index in [1.54, 1.807) is 0 Å². The molecule has 0 amide bonds. The number of hydrogen-bond acceptors (Lipinski definition) is 10. The molecule has 0 aliphatic heterocycles. The minimum absolute atomic E-state index is 0.0429. The van der Waals surface area contributed by atoms with Crippen molar-refractivity contribution in [2.45, 2.75) is 195 Å². The molecule has 2 aromatic rings. The highest BCUT2D eigenvalue weighted by Gasteiger charge is 2.26. The summed E-state index contributed by atoms with van der Waals surface area (Å²) in [4.78, 5) is 35.0. The molecule has 56 heavy (non-hydrogen) atoms. The van der Waals surface area contributed by atoms with Gasteiger partial charge >= 0.3 is 19.8 Å². The molecule has 2 heterocycles. The number of carbonyl (C=O) groups is 2. The van der Waals surface area contributed by atoms with Gasteiger partial charge < -0.3 is 28.9 Å². The molecule has 0 radical (unpaired) electrons. The summed E-state index contributed by atoms with van der Waals surface area (Å²) in [5, 5.41) is 0. The van der Waals surface area contributed by atoms with Crippen molar-refractivity contribution in [2.24, 2.45) is 5.73 Å². The lowest BCUT2D eigenvalue weighted by Gasteiger charge is -2.19. The zero-order valence-corrected chi connectivity index (χ0v) is 36.5. The van der Waals surface area contributed by atoms with Crippen molar-refractivity contribution < 1.29 is 46.4 Å². The Morgan fingerprint density at radius 3 is 1.71 bits per heavy atom. The van der Waals surface area contributed by atoms with Gasteiger partial charge in [-0.2, -0.15) is 0 Å². The summed E-state index contributed by atoms with van der Waals surface area (Å²) in [5.41, 5.74) is 9.24. The number of phosphoric acid groups is 1.